The number of ether oxygens (including phenoxy) is 1. The number of carbonyl (C=O) groups excluding carboxylic acids is 2. The maximum Gasteiger partial charge on any atom is 0.471 e. The highest BCUT2D eigenvalue weighted by Gasteiger charge is 2.46. The van der Waals surface area contributed by atoms with E-state index in [0.717, 1.165) is 4.90 Å². The highest BCUT2D eigenvalue weighted by molar-refractivity contribution is 5.82. The highest BCUT2D eigenvalue weighted by atomic mass is 19.4. The van der Waals surface area contributed by atoms with Crippen LogP contribution in [0.5, 0.6) is 0 Å². The van der Waals surface area contributed by atoms with Gasteiger partial charge in [0, 0.05) is 13.6 Å². The van der Waals surface area contributed by atoms with E-state index in [1.807, 2.05) is 0 Å². The first-order valence-corrected chi connectivity index (χ1v) is 7.26. The number of likely N-dealkylation sites (tertiary alicyclic amines) is 1. The fraction of sp³-hybridized carbons (Fsp3) is 0.857. The van der Waals surface area contributed by atoms with Gasteiger partial charge in [-0.15, -0.1) is 0 Å². The predicted molar refractivity (Wildman–Crippen MR) is 75.7 cm³/mol. The molecule has 0 aromatic carbocycles. The topological polar surface area (TPSA) is 70.1 Å². The number of rotatable bonds is 2. The molecule has 0 radical (unpaired) electrons. The van der Waals surface area contributed by atoms with E-state index in [9.17, 15) is 27.9 Å². The van der Waals surface area contributed by atoms with E-state index in [2.05, 4.69) is 0 Å². The maximum absolute atomic E-state index is 12.5. The molecule has 23 heavy (non-hydrogen) atoms. The van der Waals surface area contributed by atoms with Gasteiger partial charge in [0.25, 0.3) is 0 Å². The second-order valence-corrected chi connectivity index (χ2v) is 6.89. The molecule has 1 fully saturated rings. The number of amides is 2. The van der Waals surface area contributed by atoms with Crippen LogP contribution < -0.4 is 0 Å². The Hall–Kier alpha value is -1.51. The van der Waals surface area contributed by atoms with E-state index < -0.39 is 35.9 Å². The smallest absolute Gasteiger partial charge is 0.444 e. The first-order valence-electron chi connectivity index (χ1n) is 7.26. The summed E-state index contributed by atoms with van der Waals surface area (Å²) < 4.78 is 42.6. The van der Waals surface area contributed by atoms with Crippen LogP contribution >= 0.6 is 0 Å². The summed E-state index contributed by atoms with van der Waals surface area (Å²) >= 11 is 0. The van der Waals surface area contributed by atoms with Crippen LogP contribution in [-0.4, -0.2) is 71.0 Å². The number of aliphatic hydroxyl groups is 1. The van der Waals surface area contributed by atoms with Crippen molar-refractivity contribution in [2.45, 2.75) is 51.0 Å². The summed E-state index contributed by atoms with van der Waals surface area (Å²) in [7, 11) is 1.39. The molecule has 2 amide bonds. The van der Waals surface area contributed by atoms with Gasteiger partial charge in [0.05, 0.1) is 18.7 Å². The summed E-state index contributed by atoms with van der Waals surface area (Å²) in [5.41, 5.74) is -2.32. The molecular formula is C14H23F3N2O4. The first kappa shape index (κ1) is 19.5. The fourth-order valence-electron chi connectivity index (χ4n) is 2.44. The first-order chi connectivity index (χ1) is 10.2. The van der Waals surface area contributed by atoms with Crippen molar-refractivity contribution in [3.8, 4) is 0 Å². The Morgan fingerprint density at radius 2 is 1.87 bits per heavy atom. The zero-order valence-electron chi connectivity index (χ0n) is 13.7. The van der Waals surface area contributed by atoms with Gasteiger partial charge in [-0.05, 0) is 33.6 Å². The van der Waals surface area contributed by atoms with Gasteiger partial charge in [-0.25, -0.2) is 4.79 Å². The van der Waals surface area contributed by atoms with Crippen LogP contribution in [0, 0.1) is 0 Å². The van der Waals surface area contributed by atoms with Crippen molar-refractivity contribution in [3.05, 3.63) is 0 Å². The number of hydrogen-bond acceptors (Lipinski definition) is 4. The van der Waals surface area contributed by atoms with Crippen molar-refractivity contribution < 1.29 is 32.6 Å². The minimum absolute atomic E-state index is 0.0726. The molecule has 0 bridgehead atoms. The monoisotopic (exact) mass is 340 g/mol. The molecule has 1 rings (SSSR count). The molecule has 0 saturated carbocycles. The molecule has 6 nitrogen and oxygen atoms in total. The van der Waals surface area contributed by atoms with Crippen LogP contribution in [0.2, 0.25) is 0 Å². The van der Waals surface area contributed by atoms with Crippen molar-refractivity contribution in [3.63, 3.8) is 0 Å². The zero-order valence-corrected chi connectivity index (χ0v) is 13.7. The Morgan fingerprint density at radius 3 is 2.35 bits per heavy atom. The standard InChI is InChI=1S/C14H23F3N2O4/c1-12(2,3)23-11(21)18(4)8-13(22)6-5-7-19(9-13)10(20)14(15,16)17/h22H,5-9H2,1-4H3. The SMILES string of the molecule is CN(CC1(O)CCCN(C(=O)C(F)(F)F)C1)C(=O)OC(C)(C)C. The lowest BCUT2D eigenvalue weighted by Crippen LogP contribution is -2.58. The molecule has 1 atom stereocenters. The Balaban J connectivity index is 2.71. The lowest BCUT2D eigenvalue weighted by atomic mass is 9.92. The molecule has 0 aliphatic carbocycles. The van der Waals surface area contributed by atoms with Gasteiger partial charge in [-0.2, -0.15) is 13.2 Å². The number of likely N-dealkylation sites (N-methyl/N-ethyl adjacent to an activating group) is 1. The van der Waals surface area contributed by atoms with Crippen molar-refractivity contribution in [2.75, 3.05) is 26.7 Å². The van der Waals surface area contributed by atoms with Crippen molar-refractivity contribution in [1.82, 2.24) is 9.80 Å². The van der Waals surface area contributed by atoms with Crippen LogP contribution in [0.3, 0.4) is 0 Å². The lowest BCUT2D eigenvalue weighted by Gasteiger charge is -2.41. The van der Waals surface area contributed by atoms with Crippen molar-refractivity contribution in [1.29, 1.82) is 0 Å². The molecule has 9 heteroatoms. The average Bonchev–Trinajstić information content (AvgIpc) is 2.34. The van der Waals surface area contributed by atoms with Gasteiger partial charge < -0.3 is 19.6 Å². The van der Waals surface area contributed by atoms with Crippen molar-refractivity contribution in [2.24, 2.45) is 0 Å². The largest absolute Gasteiger partial charge is 0.471 e. The van der Waals surface area contributed by atoms with Gasteiger partial charge in [0.1, 0.15) is 5.60 Å². The van der Waals surface area contributed by atoms with E-state index in [1.54, 1.807) is 20.8 Å². The van der Waals surface area contributed by atoms with E-state index in [4.69, 9.17) is 4.74 Å². The minimum Gasteiger partial charge on any atom is -0.444 e. The van der Waals surface area contributed by atoms with Gasteiger partial charge in [0.2, 0.25) is 0 Å². The predicted octanol–water partition coefficient (Wildman–Crippen LogP) is 1.77. The molecule has 1 N–H and O–H groups in total. The summed E-state index contributed by atoms with van der Waals surface area (Å²) in [6.45, 7) is 4.27. The zero-order chi connectivity index (χ0) is 18.1. The molecule has 1 unspecified atom stereocenters. The van der Waals surface area contributed by atoms with Gasteiger partial charge in [-0.3, -0.25) is 4.79 Å². The Kier molecular flexibility index (Phi) is 5.56. The second-order valence-electron chi connectivity index (χ2n) is 6.89. The van der Waals surface area contributed by atoms with Gasteiger partial charge in [0.15, 0.2) is 0 Å². The van der Waals surface area contributed by atoms with Crippen LogP contribution in [-0.2, 0) is 9.53 Å². The molecule has 1 aliphatic rings. The van der Waals surface area contributed by atoms with E-state index in [1.165, 1.54) is 7.05 Å². The molecule has 1 heterocycles. The van der Waals surface area contributed by atoms with Crippen LogP contribution in [0.15, 0.2) is 0 Å². The normalized spacial score (nSPS) is 22.7. The van der Waals surface area contributed by atoms with Crippen LogP contribution in [0.4, 0.5) is 18.0 Å². The van der Waals surface area contributed by atoms with E-state index in [0.29, 0.717) is 4.90 Å². The van der Waals surface area contributed by atoms with E-state index >= 15 is 0 Å². The Labute approximate surface area is 133 Å². The number of halogens is 3. The fourth-order valence-corrected chi connectivity index (χ4v) is 2.44. The second kappa shape index (κ2) is 6.54. The molecule has 0 spiro atoms. The maximum atomic E-state index is 12.5. The summed E-state index contributed by atoms with van der Waals surface area (Å²) in [5.74, 6) is -1.98. The Bertz CT molecular complexity index is 462. The molecule has 1 saturated heterocycles. The third kappa shape index (κ3) is 5.89. The lowest BCUT2D eigenvalue weighted by molar-refractivity contribution is -0.191. The number of carbonyl (C=O) groups is 2. The quantitative estimate of drug-likeness (QED) is 0.832. The van der Waals surface area contributed by atoms with Gasteiger partial charge >= 0.3 is 18.2 Å². The molecule has 134 valence electrons. The van der Waals surface area contributed by atoms with Crippen molar-refractivity contribution >= 4 is 12.0 Å². The molecule has 0 aromatic heterocycles. The summed E-state index contributed by atoms with van der Waals surface area (Å²) in [6.07, 6.45) is -5.25. The highest BCUT2D eigenvalue weighted by Crippen LogP contribution is 2.27. The number of hydrogen-bond donors (Lipinski definition) is 1. The molecular weight excluding hydrogens is 317 g/mol. The Morgan fingerprint density at radius 1 is 1.30 bits per heavy atom. The van der Waals surface area contributed by atoms with E-state index in [-0.39, 0.29) is 25.9 Å². The third-order valence-electron chi connectivity index (χ3n) is 3.32. The number of piperidine rings is 1. The average molecular weight is 340 g/mol. The minimum atomic E-state index is -4.98. The van der Waals surface area contributed by atoms with Crippen LogP contribution in [0.1, 0.15) is 33.6 Å². The summed E-state index contributed by atoms with van der Waals surface area (Å²) in [5, 5.41) is 10.5. The third-order valence-corrected chi connectivity index (χ3v) is 3.32. The van der Waals surface area contributed by atoms with Crippen LogP contribution in [0.25, 0.3) is 0 Å². The summed E-state index contributed by atoms with van der Waals surface area (Å²) in [4.78, 5) is 24.9. The summed E-state index contributed by atoms with van der Waals surface area (Å²) in [6, 6.07) is 0. The van der Waals surface area contributed by atoms with Gasteiger partial charge in [-0.1, -0.05) is 0 Å². The number of β-amino-alcohol motifs (C(OH)–C–C–N with tert-alkyl or cyclic N) is 1. The number of nitrogens with zero attached hydrogens (tertiary/aromatic N) is 2. The molecule has 0 aromatic rings. The molecule has 1 aliphatic heterocycles. The number of alkyl halides is 3.